The van der Waals surface area contributed by atoms with Gasteiger partial charge in [-0.1, -0.05) is 0 Å². The normalized spacial score (nSPS) is 10.8. The highest BCUT2D eigenvalue weighted by Crippen LogP contribution is 2.24. The fraction of sp³-hybridized carbons (Fsp3) is 0.385. The van der Waals surface area contributed by atoms with E-state index in [4.69, 9.17) is 5.73 Å². The Morgan fingerprint density at radius 3 is 2.90 bits per heavy atom. The van der Waals surface area contributed by atoms with Gasteiger partial charge in [0, 0.05) is 23.2 Å². The molecule has 0 saturated heterocycles. The number of carbonyl (C=O) groups excluding carboxylic acids is 1. The molecule has 0 bridgehead atoms. The van der Waals surface area contributed by atoms with Gasteiger partial charge in [0.05, 0.1) is 15.3 Å². The van der Waals surface area contributed by atoms with Crippen LogP contribution < -0.4 is 5.73 Å². The molecule has 20 heavy (non-hydrogen) atoms. The highest BCUT2D eigenvalue weighted by atomic mass is 79.9. The van der Waals surface area contributed by atoms with Crippen molar-refractivity contribution in [3.63, 3.8) is 0 Å². The lowest BCUT2D eigenvalue weighted by molar-refractivity contribution is 0.0749. The molecule has 0 radical (unpaired) electrons. The number of amides is 1. The van der Waals surface area contributed by atoms with Crippen LogP contribution in [0.3, 0.4) is 0 Å². The van der Waals surface area contributed by atoms with E-state index < -0.39 is 0 Å². The van der Waals surface area contributed by atoms with Gasteiger partial charge in [0.25, 0.3) is 5.91 Å². The van der Waals surface area contributed by atoms with Crippen LogP contribution in [0.25, 0.3) is 0 Å². The second kappa shape index (κ2) is 7.31. The zero-order valence-corrected chi connectivity index (χ0v) is 14.4. The minimum absolute atomic E-state index is 0.0171. The first-order valence-electron chi connectivity index (χ1n) is 6.32. The van der Waals surface area contributed by atoms with Crippen LogP contribution in [0.2, 0.25) is 0 Å². The second-order valence-electron chi connectivity index (χ2n) is 4.19. The number of thiophene rings is 1. The molecule has 2 aromatic heterocycles. The van der Waals surface area contributed by atoms with Crippen molar-refractivity contribution in [1.29, 1.82) is 0 Å². The maximum absolute atomic E-state index is 12.4. The van der Waals surface area contributed by atoms with Gasteiger partial charge in [-0.2, -0.15) is 0 Å². The van der Waals surface area contributed by atoms with E-state index in [2.05, 4.69) is 20.9 Å². The molecule has 7 heteroatoms. The monoisotopic (exact) mass is 373 g/mol. The predicted octanol–water partition coefficient (Wildman–Crippen LogP) is 3.13. The van der Waals surface area contributed by atoms with Crippen molar-refractivity contribution in [3.05, 3.63) is 36.9 Å². The molecule has 2 heterocycles. The molecule has 0 unspecified atom stereocenters. The zero-order valence-electron chi connectivity index (χ0n) is 11.1. The Kier molecular flexibility index (Phi) is 5.71. The summed E-state index contributed by atoms with van der Waals surface area (Å²) < 4.78 is 1.08. The number of halogens is 1. The topological polar surface area (TPSA) is 59.2 Å². The summed E-state index contributed by atoms with van der Waals surface area (Å²) in [6.45, 7) is 3.82. The van der Waals surface area contributed by atoms with E-state index in [9.17, 15) is 4.79 Å². The molecular formula is C13H16BrN3OS2. The lowest BCUT2D eigenvalue weighted by Gasteiger charge is -2.18. The van der Waals surface area contributed by atoms with Crippen LogP contribution in [0.5, 0.6) is 0 Å². The number of hydrogen-bond donors (Lipinski definition) is 1. The Morgan fingerprint density at radius 2 is 2.30 bits per heavy atom. The Balaban J connectivity index is 2.07. The maximum atomic E-state index is 12.4. The van der Waals surface area contributed by atoms with Gasteiger partial charge in [0.1, 0.15) is 5.69 Å². The van der Waals surface area contributed by atoms with Crippen LogP contribution in [0.15, 0.2) is 21.3 Å². The third-order valence-corrected chi connectivity index (χ3v) is 5.29. The van der Waals surface area contributed by atoms with Gasteiger partial charge in [-0.25, -0.2) is 4.98 Å². The quantitative estimate of drug-likeness (QED) is 0.845. The van der Waals surface area contributed by atoms with E-state index in [1.54, 1.807) is 16.2 Å². The molecule has 0 fully saturated rings. The van der Waals surface area contributed by atoms with Gasteiger partial charge in [-0.3, -0.25) is 4.79 Å². The van der Waals surface area contributed by atoms with Crippen LogP contribution in [0.1, 0.15) is 27.3 Å². The van der Waals surface area contributed by atoms with Crippen molar-refractivity contribution in [1.82, 2.24) is 9.88 Å². The Bertz CT molecular complexity index is 582. The predicted molar refractivity (Wildman–Crippen MR) is 87.3 cm³/mol. The van der Waals surface area contributed by atoms with Gasteiger partial charge in [0.15, 0.2) is 0 Å². The molecule has 0 saturated carbocycles. The van der Waals surface area contributed by atoms with Crippen molar-refractivity contribution in [2.75, 3.05) is 13.1 Å². The first-order valence-corrected chi connectivity index (χ1v) is 8.81. The molecule has 2 N–H and O–H groups in total. The van der Waals surface area contributed by atoms with E-state index in [0.29, 0.717) is 25.3 Å². The number of thiazole rings is 1. The van der Waals surface area contributed by atoms with Crippen molar-refractivity contribution >= 4 is 44.5 Å². The first-order chi connectivity index (χ1) is 9.63. The number of rotatable bonds is 6. The Hall–Kier alpha value is -0.760. The third kappa shape index (κ3) is 3.88. The van der Waals surface area contributed by atoms with Gasteiger partial charge >= 0.3 is 0 Å². The third-order valence-electron chi connectivity index (χ3n) is 2.77. The van der Waals surface area contributed by atoms with Gasteiger partial charge in [0.2, 0.25) is 0 Å². The highest BCUT2D eigenvalue weighted by Gasteiger charge is 2.18. The first kappa shape index (κ1) is 15.6. The fourth-order valence-electron chi connectivity index (χ4n) is 1.76. The molecule has 1 amide bonds. The fourth-order valence-corrected chi connectivity index (χ4v) is 4.05. The number of aromatic nitrogens is 1. The van der Waals surface area contributed by atoms with Crippen LogP contribution in [0.4, 0.5) is 0 Å². The van der Waals surface area contributed by atoms with Crippen molar-refractivity contribution < 1.29 is 4.79 Å². The summed E-state index contributed by atoms with van der Waals surface area (Å²) in [5, 5.41) is 2.74. The molecule has 0 aromatic carbocycles. The molecular weight excluding hydrogens is 358 g/mol. The summed E-state index contributed by atoms with van der Waals surface area (Å²) in [5.41, 5.74) is 6.03. The van der Waals surface area contributed by atoms with E-state index in [1.165, 1.54) is 11.3 Å². The van der Waals surface area contributed by atoms with Crippen molar-refractivity contribution in [2.24, 2.45) is 5.73 Å². The van der Waals surface area contributed by atoms with Gasteiger partial charge in [-0.15, -0.1) is 22.7 Å². The molecule has 4 nitrogen and oxygen atoms in total. The van der Waals surface area contributed by atoms with Gasteiger partial charge < -0.3 is 10.6 Å². The number of nitrogens with two attached hydrogens (primary N) is 1. The van der Waals surface area contributed by atoms with E-state index >= 15 is 0 Å². The number of nitrogens with zero attached hydrogens (tertiary/aromatic N) is 2. The van der Waals surface area contributed by atoms with Crippen LogP contribution in [0, 0.1) is 0 Å². The Morgan fingerprint density at radius 1 is 1.50 bits per heavy atom. The number of hydrogen-bond acceptors (Lipinski definition) is 5. The van der Waals surface area contributed by atoms with Crippen molar-refractivity contribution in [2.45, 2.75) is 19.9 Å². The molecule has 0 spiro atoms. The standard InChI is InChI=1S/C13H16BrN3OS2/c1-2-17(7-9-3-4-11(14)20-9)13(18)10-8-19-12(16-10)5-6-15/h3-4,8H,2,5-7,15H2,1H3. The zero-order chi connectivity index (χ0) is 14.5. The summed E-state index contributed by atoms with van der Waals surface area (Å²) in [4.78, 5) is 19.8. The summed E-state index contributed by atoms with van der Waals surface area (Å²) in [7, 11) is 0. The molecule has 108 valence electrons. The van der Waals surface area contributed by atoms with Crippen molar-refractivity contribution in [3.8, 4) is 0 Å². The summed E-state index contributed by atoms with van der Waals surface area (Å²) in [6, 6.07) is 4.03. The Labute approximate surface area is 134 Å². The molecule has 2 rings (SSSR count). The van der Waals surface area contributed by atoms with Gasteiger partial charge in [-0.05, 0) is 41.5 Å². The molecule has 0 atom stereocenters. The average Bonchev–Trinajstić information content (AvgIpc) is 3.05. The maximum Gasteiger partial charge on any atom is 0.273 e. The van der Waals surface area contributed by atoms with Crippen LogP contribution in [-0.4, -0.2) is 28.9 Å². The molecule has 2 aromatic rings. The lowest BCUT2D eigenvalue weighted by atomic mass is 10.3. The highest BCUT2D eigenvalue weighted by molar-refractivity contribution is 9.11. The van der Waals surface area contributed by atoms with Crippen LogP contribution in [-0.2, 0) is 13.0 Å². The summed E-state index contributed by atoms with van der Waals surface area (Å²) in [5.74, 6) is -0.0171. The molecule has 0 aliphatic heterocycles. The largest absolute Gasteiger partial charge is 0.332 e. The molecule has 0 aliphatic rings. The van der Waals surface area contributed by atoms with E-state index in [0.717, 1.165) is 20.1 Å². The molecule has 0 aliphatic carbocycles. The SMILES string of the molecule is CCN(Cc1ccc(Br)s1)C(=O)c1csc(CCN)n1. The summed E-state index contributed by atoms with van der Waals surface area (Å²) in [6.07, 6.45) is 0.724. The number of carbonyl (C=O) groups is 1. The van der Waals surface area contributed by atoms with E-state index in [1.807, 2.05) is 24.4 Å². The minimum Gasteiger partial charge on any atom is -0.332 e. The lowest BCUT2D eigenvalue weighted by Crippen LogP contribution is -2.30. The minimum atomic E-state index is -0.0171. The average molecular weight is 374 g/mol. The summed E-state index contributed by atoms with van der Waals surface area (Å²) >= 11 is 6.58. The second-order valence-corrected chi connectivity index (χ2v) is 7.68. The van der Waals surface area contributed by atoms with Crippen LogP contribution >= 0.6 is 38.6 Å². The van der Waals surface area contributed by atoms with E-state index in [-0.39, 0.29) is 5.91 Å². The smallest absolute Gasteiger partial charge is 0.273 e.